The molecule has 1 aliphatic heterocycles. The van der Waals surface area contributed by atoms with Crippen molar-refractivity contribution in [3.8, 4) is 0 Å². The van der Waals surface area contributed by atoms with E-state index in [1.807, 2.05) is 12.3 Å². The Morgan fingerprint density at radius 1 is 1.00 bits per heavy atom. The van der Waals surface area contributed by atoms with E-state index < -0.39 is 0 Å². The zero-order valence-electron chi connectivity index (χ0n) is 10.8. The Hall–Kier alpha value is -1.71. The zero-order valence-corrected chi connectivity index (χ0v) is 10.8. The van der Waals surface area contributed by atoms with Gasteiger partial charge in [0, 0.05) is 18.0 Å². The molecule has 0 unspecified atom stereocenters. The molecule has 2 aromatic rings. The van der Waals surface area contributed by atoms with Crippen LogP contribution >= 0.6 is 0 Å². The molecule has 19 heavy (non-hydrogen) atoms. The van der Waals surface area contributed by atoms with Crippen LogP contribution in [0.25, 0.3) is 0 Å². The molecule has 0 N–H and O–H groups in total. The Bertz CT molecular complexity index is 521. The van der Waals surface area contributed by atoms with Gasteiger partial charge in [0.1, 0.15) is 0 Å². The van der Waals surface area contributed by atoms with Crippen molar-refractivity contribution in [1.29, 1.82) is 0 Å². The zero-order chi connectivity index (χ0) is 12.9. The van der Waals surface area contributed by atoms with Crippen molar-refractivity contribution in [2.75, 3.05) is 13.2 Å². The molecule has 1 aromatic carbocycles. The average Bonchev–Trinajstić information content (AvgIpc) is 3.01. The quantitative estimate of drug-likeness (QED) is 0.841. The molecule has 98 valence electrons. The molecule has 1 saturated heterocycles. The van der Waals surface area contributed by atoms with Gasteiger partial charge in [0.2, 0.25) is 0 Å². The fourth-order valence-electron chi connectivity index (χ4n) is 2.28. The molecule has 2 heterocycles. The van der Waals surface area contributed by atoms with Crippen molar-refractivity contribution in [3.05, 3.63) is 65.5 Å². The molecule has 0 spiro atoms. The summed E-state index contributed by atoms with van der Waals surface area (Å²) >= 11 is 0. The first-order valence-corrected chi connectivity index (χ1v) is 6.63. The Kier molecular flexibility index (Phi) is 3.86. The molecule has 1 aliphatic rings. The highest BCUT2D eigenvalue weighted by molar-refractivity contribution is 5.25. The number of hydrogen-bond acceptors (Lipinski definition) is 3. The predicted octanol–water partition coefficient (Wildman–Crippen LogP) is 2.91. The molecule has 0 bridgehead atoms. The van der Waals surface area contributed by atoms with Crippen LogP contribution in [0.1, 0.15) is 23.0 Å². The van der Waals surface area contributed by atoms with Gasteiger partial charge in [-0.1, -0.05) is 30.3 Å². The van der Waals surface area contributed by atoms with Gasteiger partial charge in [-0.25, -0.2) is 0 Å². The largest absolute Gasteiger partial charge is 0.346 e. The van der Waals surface area contributed by atoms with Gasteiger partial charge in [-0.05, 0) is 30.0 Å². The number of hydrogen-bond donors (Lipinski definition) is 0. The molecule has 0 saturated carbocycles. The SMILES string of the molecule is c1cncc(CCc2cccc(C3OCCO3)c2)c1. The first-order chi connectivity index (χ1) is 9.42. The summed E-state index contributed by atoms with van der Waals surface area (Å²) in [6.45, 7) is 1.37. The molecule has 0 radical (unpaired) electrons. The number of pyridine rings is 1. The highest BCUT2D eigenvalue weighted by Gasteiger charge is 2.18. The van der Waals surface area contributed by atoms with Crippen LogP contribution in [0.2, 0.25) is 0 Å². The van der Waals surface area contributed by atoms with Gasteiger partial charge in [-0.2, -0.15) is 0 Å². The van der Waals surface area contributed by atoms with Crippen LogP contribution in [0.3, 0.4) is 0 Å². The topological polar surface area (TPSA) is 31.4 Å². The second-order valence-corrected chi connectivity index (χ2v) is 4.68. The van der Waals surface area contributed by atoms with Gasteiger partial charge in [0.05, 0.1) is 13.2 Å². The summed E-state index contributed by atoms with van der Waals surface area (Å²) in [5.74, 6) is 0. The Balaban J connectivity index is 1.66. The minimum atomic E-state index is -0.182. The fourth-order valence-corrected chi connectivity index (χ4v) is 2.28. The average molecular weight is 255 g/mol. The number of benzene rings is 1. The first kappa shape index (κ1) is 12.3. The summed E-state index contributed by atoms with van der Waals surface area (Å²) in [5, 5.41) is 0. The lowest BCUT2D eigenvalue weighted by Gasteiger charge is -2.10. The predicted molar refractivity (Wildman–Crippen MR) is 72.7 cm³/mol. The standard InChI is InChI=1S/C16H17NO2/c1-3-13(6-7-14-4-2-8-17-12-14)11-15(5-1)16-18-9-10-19-16/h1-5,8,11-12,16H,6-7,9-10H2. The molecule has 0 amide bonds. The number of ether oxygens (including phenoxy) is 2. The Labute approximate surface area is 113 Å². The highest BCUT2D eigenvalue weighted by Crippen LogP contribution is 2.24. The molecule has 0 aliphatic carbocycles. The lowest BCUT2D eigenvalue weighted by molar-refractivity contribution is -0.0441. The minimum Gasteiger partial charge on any atom is -0.346 e. The second-order valence-electron chi connectivity index (χ2n) is 4.68. The summed E-state index contributed by atoms with van der Waals surface area (Å²) in [7, 11) is 0. The number of aryl methyl sites for hydroxylation is 2. The van der Waals surface area contributed by atoms with Crippen molar-refractivity contribution in [2.45, 2.75) is 19.1 Å². The summed E-state index contributed by atoms with van der Waals surface area (Å²) in [5.41, 5.74) is 3.68. The fraction of sp³-hybridized carbons (Fsp3) is 0.312. The van der Waals surface area contributed by atoms with Gasteiger partial charge < -0.3 is 9.47 Å². The monoisotopic (exact) mass is 255 g/mol. The van der Waals surface area contributed by atoms with Gasteiger partial charge in [-0.3, -0.25) is 4.98 Å². The van der Waals surface area contributed by atoms with Gasteiger partial charge >= 0.3 is 0 Å². The number of nitrogens with zero attached hydrogens (tertiary/aromatic N) is 1. The maximum absolute atomic E-state index is 5.52. The van der Waals surface area contributed by atoms with E-state index in [-0.39, 0.29) is 6.29 Å². The molecular formula is C16H17NO2. The maximum atomic E-state index is 5.52. The van der Waals surface area contributed by atoms with Gasteiger partial charge in [0.25, 0.3) is 0 Å². The van der Waals surface area contributed by atoms with E-state index in [1.54, 1.807) is 6.20 Å². The van der Waals surface area contributed by atoms with Gasteiger partial charge in [0.15, 0.2) is 6.29 Å². The van der Waals surface area contributed by atoms with E-state index in [4.69, 9.17) is 9.47 Å². The van der Waals surface area contributed by atoms with Crippen LogP contribution in [0.4, 0.5) is 0 Å². The van der Waals surface area contributed by atoms with Crippen LogP contribution in [-0.2, 0) is 22.3 Å². The lowest BCUT2D eigenvalue weighted by Crippen LogP contribution is -1.99. The molecule has 0 atom stereocenters. The van der Waals surface area contributed by atoms with E-state index in [1.165, 1.54) is 11.1 Å². The summed E-state index contributed by atoms with van der Waals surface area (Å²) in [6.07, 6.45) is 5.56. The van der Waals surface area contributed by atoms with E-state index in [9.17, 15) is 0 Å². The van der Waals surface area contributed by atoms with Crippen molar-refractivity contribution in [2.24, 2.45) is 0 Å². The van der Waals surface area contributed by atoms with E-state index >= 15 is 0 Å². The van der Waals surface area contributed by atoms with Crippen molar-refractivity contribution < 1.29 is 9.47 Å². The number of aromatic nitrogens is 1. The summed E-state index contributed by atoms with van der Waals surface area (Å²) in [4.78, 5) is 4.14. The molecule has 1 fully saturated rings. The van der Waals surface area contributed by atoms with E-state index in [0.717, 1.165) is 18.4 Å². The van der Waals surface area contributed by atoms with E-state index in [2.05, 4.69) is 35.3 Å². The molecule has 3 heteroatoms. The third-order valence-corrected chi connectivity index (χ3v) is 3.27. The van der Waals surface area contributed by atoms with Crippen LogP contribution < -0.4 is 0 Å². The molecule has 1 aromatic heterocycles. The molecule has 3 nitrogen and oxygen atoms in total. The smallest absolute Gasteiger partial charge is 0.184 e. The van der Waals surface area contributed by atoms with E-state index in [0.29, 0.717) is 13.2 Å². The third-order valence-electron chi connectivity index (χ3n) is 3.27. The highest BCUT2D eigenvalue weighted by atomic mass is 16.7. The Morgan fingerprint density at radius 3 is 2.58 bits per heavy atom. The minimum absolute atomic E-state index is 0.182. The van der Waals surface area contributed by atoms with Crippen LogP contribution in [-0.4, -0.2) is 18.2 Å². The normalized spacial score (nSPS) is 15.8. The van der Waals surface area contributed by atoms with Gasteiger partial charge in [-0.15, -0.1) is 0 Å². The molecular weight excluding hydrogens is 238 g/mol. The third kappa shape index (κ3) is 3.19. The maximum Gasteiger partial charge on any atom is 0.184 e. The van der Waals surface area contributed by atoms with Crippen molar-refractivity contribution in [1.82, 2.24) is 4.98 Å². The summed E-state index contributed by atoms with van der Waals surface area (Å²) < 4.78 is 11.0. The van der Waals surface area contributed by atoms with Crippen molar-refractivity contribution >= 4 is 0 Å². The lowest BCUT2D eigenvalue weighted by atomic mass is 10.0. The summed E-state index contributed by atoms with van der Waals surface area (Å²) in [6, 6.07) is 12.5. The van der Waals surface area contributed by atoms with Crippen LogP contribution in [0.5, 0.6) is 0 Å². The first-order valence-electron chi connectivity index (χ1n) is 6.63. The molecule has 3 rings (SSSR count). The van der Waals surface area contributed by atoms with Crippen LogP contribution in [0.15, 0.2) is 48.8 Å². The van der Waals surface area contributed by atoms with Crippen LogP contribution in [0, 0.1) is 0 Å². The Morgan fingerprint density at radius 2 is 1.79 bits per heavy atom. The van der Waals surface area contributed by atoms with Crippen molar-refractivity contribution in [3.63, 3.8) is 0 Å². The second kappa shape index (κ2) is 5.95. The number of rotatable bonds is 4.